The lowest BCUT2D eigenvalue weighted by Crippen LogP contribution is -2.18. The van der Waals surface area contributed by atoms with Gasteiger partial charge in [-0.2, -0.15) is 0 Å². The van der Waals surface area contributed by atoms with Crippen molar-refractivity contribution in [3.63, 3.8) is 0 Å². The second kappa shape index (κ2) is 13.8. The van der Waals surface area contributed by atoms with Crippen molar-refractivity contribution in [1.29, 1.82) is 0 Å². The van der Waals surface area contributed by atoms with Crippen LogP contribution in [-0.2, 0) is 5.41 Å². The van der Waals surface area contributed by atoms with Crippen molar-refractivity contribution >= 4 is 97.1 Å². The molecule has 4 nitrogen and oxygen atoms in total. The van der Waals surface area contributed by atoms with Crippen LogP contribution < -0.4 is 19.3 Å². The highest BCUT2D eigenvalue weighted by Gasteiger charge is 2.38. The van der Waals surface area contributed by atoms with Crippen molar-refractivity contribution in [3.05, 3.63) is 205 Å². The molecule has 3 heterocycles. The molecule has 11 aromatic rings. The first kappa shape index (κ1) is 36.3. The Bertz CT molecular complexity index is 3630. The number of nitrogens with zero attached hydrogens (tertiary/aromatic N) is 2. The third kappa shape index (κ3) is 5.51. The molecular weight excluding hydrogens is 809 g/mol. The van der Waals surface area contributed by atoms with Gasteiger partial charge in [-0.3, -0.25) is 0 Å². The van der Waals surface area contributed by atoms with Crippen molar-refractivity contribution in [3.8, 4) is 34.1 Å². The van der Waals surface area contributed by atoms with Crippen LogP contribution in [0.2, 0.25) is 0 Å². The van der Waals surface area contributed by atoms with Crippen LogP contribution in [0, 0.1) is 0 Å². The van der Waals surface area contributed by atoms with Crippen LogP contribution in [-0.4, -0.2) is 0 Å². The van der Waals surface area contributed by atoms with E-state index in [0.29, 0.717) is 23.0 Å². The van der Waals surface area contributed by atoms with Crippen LogP contribution >= 0.6 is 22.7 Å². The smallest absolute Gasteiger partial charge is 0.172 e. The van der Waals surface area contributed by atoms with Crippen molar-refractivity contribution in [2.75, 3.05) is 9.80 Å². The molecule has 0 saturated carbocycles. The fourth-order valence-electron chi connectivity index (χ4n) is 9.95. The summed E-state index contributed by atoms with van der Waals surface area (Å²) in [4.78, 5) is 4.82. The Balaban J connectivity index is 1.10. The summed E-state index contributed by atoms with van der Waals surface area (Å²) < 4.78 is 19.1. The summed E-state index contributed by atoms with van der Waals surface area (Å²) >= 11 is 3.67. The van der Waals surface area contributed by atoms with Gasteiger partial charge in [0, 0.05) is 59.9 Å². The van der Waals surface area contributed by atoms with E-state index in [-0.39, 0.29) is 5.41 Å². The summed E-state index contributed by atoms with van der Waals surface area (Å²) in [5.41, 5.74) is 10.9. The quantitative estimate of drug-likeness (QED) is 0.166. The minimum atomic E-state index is -0.184. The lowest BCUT2D eigenvalue weighted by atomic mass is 9.82. The molecule has 6 heteroatoms. The zero-order valence-electron chi connectivity index (χ0n) is 34.5. The maximum atomic E-state index is 7.08. The molecule has 9 aromatic carbocycles. The number of hydrogen-bond donors (Lipinski definition) is 0. The first-order valence-corrected chi connectivity index (χ1v) is 23.0. The van der Waals surface area contributed by atoms with Gasteiger partial charge < -0.3 is 19.3 Å². The molecule has 63 heavy (non-hydrogen) atoms. The predicted octanol–water partition coefficient (Wildman–Crippen LogP) is 17.6. The van der Waals surface area contributed by atoms with Gasteiger partial charge in [0.1, 0.15) is 0 Å². The maximum Gasteiger partial charge on any atom is 0.172 e. The molecule has 0 amide bonds. The van der Waals surface area contributed by atoms with Crippen LogP contribution in [0.25, 0.3) is 51.5 Å². The Kier molecular flexibility index (Phi) is 7.96. The number of ether oxygens (including phenoxy) is 2. The van der Waals surface area contributed by atoms with Gasteiger partial charge in [-0.15, -0.1) is 22.7 Å². The highest BCUT2D eigenvalue weighted by molar-refractivity contribution is 7.26. The van der Waals surface area contributed by atoms with E-state index in [2.05, 4.69) is 218 Å². The largest absolute Gasteiger partial charge is 0.449 e. The summed E-state index contributed by atoms with van der Waals surface area (Å²) in [5.74, 6) is 2.74. The van der Waals surface area contributed by atoms with Crippen LogP contribution in [0.4, 0.5) is 34.1 Å². The highest BCUT2D eigenvalue weighted by atomic mass is 32.1. The minimum Gasteiger partial charge on any atom is -0.449 e. The molecule has 0 bridgehead atoms. The van der Waals surface area contributed by atoms with Gasteiger partial charge in [0.2, 0.25) is 0 Å². The van der Waals surface area contributed by atoms with Crippen molar-refractivity contribution in [1.82, 2.24) is 0 Å². The number of benzene rings is 9. The molecule has 1 aliphatic carbocycles. The molecule has 1 aliphatic heterocycles. The number of fused-ring (bicyclic) bond motifs is 11. The van der Waals surface area contributed by atoms with Crippen LogP contribution in [0.15, 0.2) is 194 Å². The van der Waals surface area contributed by atoms with Crippen molar-refractivity contribution < 1.29 is 9.47 Å². The van der Waals surface area contributed by atoms with Crippen molar-refractivity contribution in [2.45, 2.75) is 19.3 Å². The molecule has 2 aliphatic rings. The number of hydrogen-bond acceptors (Lipinski definition) is 6. The lowest BCUT2D eigenvalue weighted by Gasteiger charge is -2.35. The maximum absolute atomic E-state index is 7.08. The second-order valence-corrected chi connectivity index (χ2v) is 19.0. The van der Waals surface area contributed by atoms with E-state index in [4.69, 9.17) is 9.47 Å². The van der Waals surface area contributed by atoms with Gasteiger partial charge in [-0.05, 0) is 82.9 Å². The number of thiophene rings is 2. The second-order valence-electron chi connectivity index (χ2n) is 16.9. The van der Waals surface area contributed by atoms with E-state index in [1.54, 1.807) is 0 Å². The Morgan fingerprint density at radius 1 is 0.365 bits per heavy atom. The molecule has 0 radical (unpaired) electrons. The summed E-state index contributed by atoms with van der Waals surface area (Å²) in [6, 6.07) is 69.8. The lowest BCUT2D eigenvalue weighted by molar-refractivity contribution is 0.359. The van der Waals surface area contributed by atoms with Gasteiger partial charge in [0.05, 0.1) is 32.1 Å². The highest BCUT2D eigenvalue weighted by Crippen LogP contribution is 2.59. The van der Waals surface area contributed by atoms with Gasteiger partial charge >= 0.3 is 0 Å². The molecule has 0 fully saturated rings. The standard InChI is InChI=1S/C57H38N2O2S2/c1-57(2)43-26-12-9-21-37(43)42-31-49-50(32-44(42)57)61-52-34-48(59(36-19-7-4-8-20-36)46-28-16-25-41-39-23-11-14-30-54(39)63-56(41)46)47(33-51(52)60-49)58(35-17-5-3-6-18-35)45-27-15-24-40-38-22-10-13-29-53(38)62-55(40)45/h3-34H,1-2H3. The summed E-state index contributed by atoms with van der Waals surface area (Å²) in [6.07, 6.45) is 0. The average molecular weight is 847 g/mol. The Morgan fingerprint density at radius 2 is 0.810 bits per heavy atom. The third-order valence-corrected chi connectivity index (χ3v) is 15.3. The molecule has 300 valence electrons. The average Bonchev–Trinajstić information content (AvgIpc) is 3.97. The molecule has 0 atom stereocenters. The molecule has 0 N–H and O–H groups in total. The van der Waals surface area contributed by atoms with Gasteiger partial charge in [0.25, 0.3) is 0 Å². The molecule has 0 unspecified atom stereocenters. The predicted molar refractivity (Wildman–Crippen MR) is 266 cm³/mol. The van der Waals surface area contributed by atoms with Gasteiger partial charge in [0.15, 0.2) is 23.0 Å². The van der Waals surface area contributed by atoms with Crippen LogP contribution in [0.1, 0.15) is 25.0 Å². The molecule has 13 rings (SSSR count). The Morgan fingerprint density at radius 3 is 1.37 bits per heavy atom. The summed E-state index contributed by atoms with van der Waals surface area (Å²) in [6.45, 7) is 4.60. The van der Waals surface area contributed by atoms with E-state index in [1.807, 2.05) is 22.7 Å². The topological polar surface area (TPSA) is 24.9 Å². The molecular formula is C57H38N2O2S2. The molecule has 0 saturated heterocycles. The summed E-state index contributed by atoms with van der Waals surface area (Å²) in [5, 5.41) is 4.97. The normalized spacial score (nSPS) is 13.3. The van der Waals surface area contributed by atoms with Crippen LogP contribution in [0.5, 0.6) is 23.0 Å². The third-order valence-electron chi connectivity index (χ3n) is 12.9. The molecule has 2 aromatic heterocycles. The van der Waals surface area contributed by atoms with E-state index in [1.165, 1.54) is 62.6 Å². The van der Waals surface area contributed by atoms with Crippen molar-refractivity contribution in [2.24, 2.45) is 0 Å². The SMILES string of the molecule is CC1(C)c2ccccc2-c2cc3c(cc21)Oc1cc(N(c2ccccc2)c2cccc4c2sc2ccccc24)c(N(c2ccccc2)c2cccc4c2sc2ccccc24)cc1O3. The van der Waals surface area contributed by atoms with E-state index < -0.39 is 0 Å². The summed E-state index contributed by atoms with van der Waals surface area (Å²) in [7, 11) is 0. The Hall–Kier alpha value is -7.38. The zero-order chi connectivity index (χ0) is 41.8. The van der Waals surface area contributed by atoms with Gasteiger partial charge in [-0.1, -0.05) is 135 Å². The monoisotopic (exact) mass is 846 g/mol. The van der Waals surface area contributed by atoms with Crippen LogP contribution in [0.3, 0.4) is 0 Å². The zero-order valence-corrected chi connectivity index (χ0v) is 36.1. The van der Waals surface area contributed by atoms with E-state index >= 15 is 0 Å². The first-order chi connectivity index (χ1) is 31.0. The molecule has 0 spiro atoms. The number of para-hydroxylation sites is 2. The van der Waals surface area contributed by atoms with E-state index in [9.17, 15) is 0 Å². The first-order valence-electron chi connectivity index (χ1n) is 21.3. The minimum absolute atomic E-state index is 0.184. The number of rotatable bonds is 6. The fourth-order valence-corrected chi connectivity index (χ4v) is 12.4. The Labute approximate surface area is 373 Å². The van der Waals surface area contributed by atoms with Gasteiger partial charge in [-0.25, -0.2) is 0 Å². The fraction of sp³-hybridized carbons (Fsp3) is 0.0526. The van der Waals surface area contributed by atoms with E-state index in [0.717, 1.165) is 34.1 Å². The number of anilines is 6.